The van der Waals surface area contributed by atoms with Crippen LogP contribution in [0.3, 0.4) is 0 Å². The molecule has 7 heteroatoms. The zero-order valence-corrected chi connectivity index (χ0v) is 13.7. The Kier molecular flexibility index (Phi) is 3.48. The lowest BCUT2D eigenvalue weighted by atomic mass is 10.2. The summed E-state index contributed by atoms with van der Waals surface area (Å²) in [6.07, 6.45) is 4.91. The fourth-order valence-corrected chi connectivity index (χ4v) is 3.14. The van der Waals surface area contributed by atoms with Gasteiger partial charge >= 0.3 is 6.09 Å². The van der Waals surface area contributed by atoms with Gasteiger partial charge in [0, 0.05) is 35.0 Å². The number of hydrogen-bond donors (Lipinski definition) is 0. The molecule has 0 unspecified atom stereocenters. The third kappa shape index (κ3) is 2.51. The van der Waals surface area contributed by atoms with Crippen LogP contribution >= 0.6 is 0 Å². The zero-order valence-electron chi connectivity index (χ0n) is 13.7. The first-order valence-corrected chi connectivity index (χ1v) is 8.04. The first-order valence-electron chi connectivity index (χ1n) is 8.04. The molecule has 0 N–H and O–H groups in total. The number of rotatable bonds is 4. The van der Waals surface area contributed by atoms with Gasteiger partial charge in [-0.1, -0.05) is 5.21 Å². The van der Waals surface area contributed by atoms with Crippen LogP contribution < -0.4 is 4.90 Å². The molecular weight excluding hydrogens is 306 g/mol. The molecule has 1 atom stereocenters. The molecule has 0 spiro atoms. The van der Waals surface area contributed by atoms with Crippen molar-refractivity contribution in [2.24, 2.45) is 0 Å². The maximum Gasteiger partial charge on any atom is 0.414 e. The molecule has 0 aliphatic carbocycles. The Morgan fingerprint density at radius 2 is 2.17 bits per heavy atom. The van der Waals surface area contributed by atoms with E-state index in [4.69, 9.17) is 4.74 Å². The predicted octanol–water partition coefficient (Wildman–Crippen LogP) is 2.84. The molecule has 1 amide bonds. The highest BCUT2D eigenvalue weighted by Crippen LogP contribution is 2.28. The second-order valence-electron chi connectivity index (χ2n) is 6.30. The number of benzene rings is 1. The normalized spacial score (nSPS) is 17.9. The fraction of sp³-hybridized carbons (Fsp3) is 0.353. The Labute approximate surface area is 139 Å². The molecule has 1 saturated heterocycles. The summed E-state index contributed by atoms with van der Waals surface area (Å²) < 4.78 is 9.34. The van der Waals surface area contributed by atoms with E-state index < -0.39 is 0 Å². The molecule has 4 rings (SSSR count). The minimum Gasteiger partial charge on any atom is -0.442 e. The van der Waals surface area contributed by atoms with Crippen LogP contribution in [-0.4, -0.2) is 38.3 Å². The number of hydrogen-bond acceptors (Lipinski definition) is 4. The summed E-state index contributed by atoms with van der Waals surface area (Å²) >= 11 is 0. The molecule has 2 aromatic heterocycles. The lowest BCUT2D eigenvalue weighted by Gasteiger charge is -2.14. The number of carbonyl (C=O) groups is 1. The van der Waals surface area contributed by atoms with Gasteiger partial charge in [-0.3, -0.25) is 4.90 Å². The third-order valence-corrected chi connectivity index (χ3v) is 4.31. The molecule has 1 aliphatic heterocycles. The van der Waals surface area contributed by atoms with Gasteiger partial charge in [-0.25, -0.2) is 9.48 Å². The van der Waals surface area contributed by atoms with Gasteiger partial charge in [0.05, 0.1) is 19.3 Å². The van der Waals surface area contributed by atoms with Crippen molar-refractivity contribution >= 4 is 22.7 Å². The number of cyclic esters (lactones) is 1. The smallest absolute Gasteiger partial charge is 0.414 e. The van der Waals surface area contributed by atoms with Crippen molar-refractivity contribution in [1.29, 1.82) is 0 Å². The van der Waals surface area contributed by atoms with E-state index >= 15 is 0 Å². The number of nitrogens with zero attached hydrogens (tertiary/aromatic N) is 5. The Morgan fingerprint density at radius 3 is 2.92 bits per heavy atom. The van der Waals surface area contributed by atoms with Gasteiger partial charge in [0.1, 0.15) is 6.10 Å². The molecule has 0 saturated carbocycles. The van der Waals surface area contributed by atoms with Crippen LogP contribution in [0.15, 0.2) is 42.9 Å². The van der Waals surface area contributed by atoms with E-state index in [2.05, 4.69) is 47.1 Å². The van der Waals surface area contributed by atoms with Crippen LogP contribution in [0.5, 0.6) is 0 Å². The molecule has 24 heavy (non-hydrogen) atoms. The predicted molar refractivity (Wildman–Crippen MR) is 90.0 cm³/mol. The van der Waals surface area contributed by atoms with E-state index in [1.54, 1.807) is 22.0 Å². The van der Waals surface area contributed by atoms with Crippen LogP contribution in [0, 0.1) is 0 Å². The Hall–Kier alpha value is -2.83. The quantitative estimate of drug-likeness (QED) is 0.740. The lowest BCUT2D eigenvalue weighted by molar-refractivity contribution is 0.129. The lowest BCUT2D eigenvalue weighted by Crippen LogP contribution is -2.26. The van der Waals surface area contributed by atoms with Gasteiger partial charge in [0.15, 0.2) is 0 Å². The van der Waals surface area contributed by atoms with Crippen LogP contribution in [-0.2, 0) is 11.3 Å². The van der Waals surface area contributed by atoms with Gasteiger partial charge in [0.2, 0.25) is 0 Å². The highest BCUT2D eigenvalue weighted by atomic mass is 16.6. The van der Waals surface area contributed by atoms with E-state index in [1.807, 2.05) is 12.1 Å². The monoisotopic (exact) mass is 325 g/mol. The third-order valence-electron chi connectivity index (χ3n) is 4.31. The van der Waals surface area contributed by atoms with Crippen molar-refractivity contribution in [3.05, 3.63) is 42.9 Å². The highest BCUT2D eigenvalue weighted by molar-refractivity contribution is 5.93. The minimum atomic E-state index is -0.317. The Morgan fingerprint density at radius 1 is 1.29 bits per heavy atom. The average molecular weight is 325 g/mol. The zero-order chi connectivity index (χ0) is 16.7. The first-order chi connectivity index (χ1) is 11.6. The average Bonchev–Trinajstić information content (AvgIpc) is 3.26. The number of aromatic nitrogens is 4. The largest absolute Gasteiger partial charge is 0.442 e. The van der Waals surface area contributed by atoms with Gasteiger partial charge < -0.3 is 9.30 Å². The summed E-state index contributed by atoms with van der Waals surface area (Å²) in [5.41, 5.74) is 2.02. The molecule has 7 nitrogen and oxygen atoms in total. The summed E-state index contributed by atoms with van der Waals surface area (Å²) in [7, 11) is 0. The van der Waals surface area contributed by atoms with Crippen molar-refractivity contribution in [1.82, 2.24) is 19.6 Å². The molecule has 124 valence electrons. The minimum absolute atomic E-state index is 0.227. The number of amides is 1. The molecule has 1 aliphatic rings. The highest BCUT2D eigenvalue weighted by Gasteiger charge is 2.32. The van der Waals surface area contributed by atoms with Gasteiger partial charge in [0.25, 0.3) is 0 Å². The van der Waals surface area contributed by atoms with Crippen molar-refractivity contribution in [3.63, 3.8) is 0 Å². The van der Waals surface area contributed by atoms with Crippen LogP contribution in [0.25, 0.3) is 10.9 Å². The van der Waals surface area contributed by atoms with Crippen molar-refractivity contribution in [2.75, 3.05) is 11.4 Å². The summed E-state index contributed by atoms with van der Waals surface area (Å²) in [5, 5.41) is 8.80. The van der Waals surface area contributed by atoms with Crippen molar-refractivity contribution in [3.8, 4) is 0 Å². The van der Waals surface area contributed by atoms with Gasteiger partial charge in [-0.2, -0.15) is 0 Å². The van der Waals surface area contributed by atoms with E-state index in [-0.39, 0.29) is 12.2 Å². The van der Waals surface area contributed by atoms with Crippen LogP contribution in [0.2, 0.25) is 0 Å². The number of anilines is 1. The van der Waals surface area contributed by atoms with Gasteiger partial charge in [-0.15, -0.1) is 5.10 Å². The second-order valence-corrected chi connectivity index (χ2v) is 6.30. The topological polar surface area (TPSA) is 65.2 Å². The summed E-state index contributed by atoms with van der Waals surface area (Å²) in [6, 6.07) is 8.54. The van der Waals surface area contributed by atoms with Gasteiger partial charge in [-0.05, 0) is 38.1 Å². The number of ether oxygens (including phenoxy) is 1. The molecule has 0 bridgehead atoms. The number of fused-ring (bicyclic) bond motifs is 1. The summed E-state index contributed by atoms with van der Waals surface area (Å²) in [4.78, 5) is 13.9. The maximum atomic E-state index is 12.2. The summed E-state index contributed by atoms with van der Waals surface area (Å²) in [5.74, 6) is 0. The Bertz CT molecular complexity index is 868. The maximum absolute atomic E-state index is 12.2. The fourth-order valence-electron chi connectivity index (χ4n) is 3.14. The Balaban J connectivity index is 1.57. The molecule has 3 heterocycles. The van der Waals surface area contributed by atoms with Crippen LogP contribution in [0.4, 0.5) is 10.5 Å². The molecule has 1 fully saturated rings. The SMILES string of the molecule is CC(C)n1ccc2cc(N3C[C@H](Cn4ccnn4)OC3=O)ccc21. The molecule has 0 radical (unpaired) electrons. The number of carbonyl (C=O) groups excluding carboxylic acids is 1. The molecular formula is C17H19N5O2. The molecule has 3 aromatic rings. The van der Waals surface area contributed by atoms with E-state index in [9.17, 15) is 4.79 Å². The first kappa shape index (κ1) is 14.7. The summed E-state index contributed by atoms with van der Waals surface area (Å²) in [6.45, 7) is 5.32. The van der Waals surface area contributed by atoms with E-state index in [1.165, 1.54) is 5.52 Å². The van der Waals surface area contributed by atoms with E-state index in [0.29, 0.717) is 19.1 Å². The standard InChI is InChI=1S/C17H19N5O2/c1-12(2)21-7-5-13-9-14(3-4-16(13)21)22-11-15(24-17(22)23)10-20-8-6-18-19-20/h3-9,12,15H,10-11H2,1-2H3/t15-/m0/s1. The second kappa shape index (κ2) is 5.67. The van der Waals surface area contributed by atoms with Crippen LogP contribution in [0.1, 0.15) is 19.9 Å². The van der Waals surface area contributed by atoms with E-state index in [0.717, 1.165) is 11.1 Å². The molecule has 1 aromatic carbocycles. The van der Waals surface area contributed by atoms with Crippen molar-refractivity contribution in [2.45, 2.75) is 32.5 Å². The van der Waals surface area contributed by atoms with Crippen molar-refractivity contribution < 1.29 is 9.53 Å².